The Morgan fingerprint density at radius 1 is 0.607 bits per heavy atom. The molecule has 0 atom stereocenters. The highest BCUT2D eigenvalue weighted by Gasteiger charge is 2.12. The molecule has 3 nitrogen and oxygen atoms in total. The van der Waals surface area contributed by atoms with E-state index in [0.29, 0.717) is 5.78 Å². The smallest absolute Gasteiger partial charge is 0.132 e. The van der Waals surface area contributed by atoms with Crippen LogP contribution < -0.4 is 0 Å². The molecular formula is C25H50O3. The number of ketones is 1. The van der Waals surface area contributed by atoms with Gasteiger partial charge < -0.3 is 9.47 Å². The molecule has 0 heterocycles. The van der Waals surface area contributed by atoms with Gasteiger partial charge in [0.15, 0.2) is 0 Å². The van der Waals surface area contributed by atoms with Gasteiger partial charge in [0.1, 0.15) is 5.78 Å². The van der Waals surface area contributed by atoms with Crippen LogP contribution in [0.2, 0.25) is 0 Å². The lowest BCUT2D eigenvalue weighted by Gasteiger charge is -2.16. The van der Waals surface area contributed by atoms with E-state index in [0.717, 1.165) is 65.0 Å². The van der Waals surface area contributed by atoms with Crippen LogP contribution in [-0.2, 0) is 14.3 Å². The lowest BCUT2D eigenvalue weighted by atomic mass is 9.89. The average molecular weight is 399 g/mol. The summed E-state index contributed by atoms with van der Waals surface area (Å²) in [6, 6.07) is 0. The van der Waals surface area contributed by atoms with Crippen molar-refractivity contribution in [2.45, 2.75) is 124 Å². The Morgan fingerprint density at radius 2 is 1.04 bits per heavy atom. The highest BCUT2D eigenvalue weighted by molar-refractivity contribution is 5.78. The van der Waals surface area contributed by atoms with Gasteiger partial charge in [-0.1, -0.05) is 72.6 Å². The summed E-state index contributed by atoms with van der Waals surface area (Å²) in [6.45, 7) is 12.3. The Balaban J connectivity index is 3.13. The Labute approximate surface area is 176 Å². The molecule has 0 fully saturated rings. The first kappa shape index (κ1) is 27.6. The number of rotatable bonds is 21. The van der Waals surface area contributed by atoms with Gasteiger partial charge in [-0.3, -0.25) is 4.79 Å². The summed E-state index contributed by atoms with van der Waals surface area (Å²) in [6.07, 6.45) is 17.4. The van der Waals surface area contributed by atoms with Crippen molar-refractivity contribution in [3.63, 3.8) is 0 Å². The molecule has 0 aliphatic heterocycles. The maximum absolute atomic E-state index is 11.8. The lowest BCUT2D eigenvalue weighted by molar-refractivity contribution is -0.119. The average Bonchev–Trinajstić information content (AvgIpc) is 2.65. The Morgan fingerprint density at radius 3 is 1.50 bits per heavy atom. The predicted octanol–water partition coefficient (Wildman–Crippen LogP) is 7.51. The molecule has 28 heavy (non-hydrogen) atoms. The molecule has 0 spiro atoms. The second-order valence-corrected chi connectivity index (χ2v) is 9.46. The number of ether oxygens (including phenoxy) is 2. The van der Waals surface area contributed by atoms with Crippen LogP contribution in [0.25, 0.3) is 0 Å². The fraction of sp³-hybridized carbons (Fsp3) is 0.960. The first-order valence-electron chi connectivity index (χ1n) is 12.1. The molecule has 0 unspecified atom stereocenters. The molecule has 0 aliphatic rings. The van der Waals surface area contributed by atoms with Gasteiger partial charge in [0, 0.05) is 39.3 Å². The molecule has 0 saturated heterocycles. The van der Waals surface area contributed by atoms with E-state index in [1.807, 2.05) is 0 Å². The van der Waals surface area contributed by atoms with E-state index in [1.165, 1.54) is 57.8 Å². The Hall–Kier alpha value is -0.410. The quantitative estimate of drug-likeness (QED) is 0.188. The first-order valence-corrected chi connectivity index (χ1v) is 12.1. The molecule has 0 amide bonds. The summed E-state index contributed by atoms with van der Waals surface area (Å²) in [5, 5.41) is 0. The fourth-order valence-corrected chi connectivity index (χ4v) is 3.16. The van der Waals surface area contributed by atoms with Gasteiger partial charge >= 0.3 is 0 Å². The molecule has 0 aromatic rings. The van der Waals surface area contributed by atoms with Crippen LogP contribution in [0.4, 0.5) is 0 Å². The summed E-state index contributed by atoms with van der Waals surface area (Å²) < 4.78 is 11.2. The van der Waals surface area contributed by atoms with E-state index in [-0.39, 0.29) is 5.41 Å². The molecular weight excluding hydrogens is 348 g/mol. The minimum atomic E-state index is 0.266. The van der Waals surface area contributed by atoms with Crippen molar-refractivity contribution < 1.29 is 14.3 Å². The topological polar surface area (TPSA) is 35.5 Å². The molecule has 3 heteroatoms. The molecule has 0 rings (SSSR count). The first-order chi connectivity index (χ1) is 13.5. The van der Waals surface area contributed by atoms with E-state index in [2.05, 4.69) is 27.7 Å². The van der Waals surface area contributed by atoms with Crippen LogP contribution in [0.1, 0.15) is 124 Å². The number of hydrogen-bond donors (Lipinski definition) is 0. The highest BCUT2D eigenvalue weighted by Crippen LogP contribution is 2.21. The van der Waals surface area contributed by atoms with Gasteiger partial charge in [0.25, 0.3) is 0 Å². The van der Waals surface area contributed by atoms with Crippen molar-refractivity contribution in [3.8, 4) is 0 Å². The van der Waals surface area contributed by atoms with Gasteiger partial charge in [-0.2, -0.15) is 0 Å². The molecule has 0 aromatic heterocycles. The van der Waals surface area contributed by atoms with E-state index in [4.69, 9.17) is 9.47 Å². The van der Waals surface area contributed by atoms with Gasteiger partial charge in [0.05, 0.1) is 0 Å². The Kier molecular flexibility index (Phi) is 19.6. The molecule has 0 saturated carbocycles. The molecule has 0 aliphatic carbocycles. The predicted molar refractivity (Wildman–Crippen MR) is 121 cm³/mol. The van der Waals surface area contributed by atoms with Gasteiger partial charge in [-0.15, -0.1) is 0 Å². The fourth-order valence-electron chi connectivity index (χ4n) is 3.16. The molecule has 0 bridgehead atoms. The van der Waals surface area contributed by atoms with E-state index in [1.54, 1.807) is 0 Å². The monoisotopic (exact) mass is 398 g/mol. The lowest BCUT2D eigenvalue weighted by Crippen LogP contribution is -2.09. The molecule has 0 aromatic carbocycles. The minimum absolute atomic E-state index is 0.266. The zero-order chi connectivity index (χ0) is 20.9. The third-order valence-corrected chi connectivity index (χ3v) is 5.07. The molecule has 168 valence electrons. The van der Waals surface area contributed by atoms with Crippen LogP contribution in [0.5, 0.6) is 0 Å². The van der Waals surface area contributed by atoms with Crippen LogP contribution in [0.3, 0.4) is 0 Å². The summed E-state index contributed by atoms with van der Waals surface area (Å²) in [4.78, 5) is 11.8. The second-order valence-electron chi connectivity index (χ2n) is 9.46. The van der Waals surface area contributed by atoms with Gasteiger partial charge in [-0.25, -0.2) is 0 Å². The Bertz CT molecular complexity index is 333. The maximum Gasteiger partial charge on any atom is 0.132 e. The van der Waals surface area contributed by atoms with Crippen molar-refractivity contribution in [2.75, 3.05) is 26.4 Å². The zero-order valence-electron chi connectivity index (χ0n) is 19.7. The number of carbonyl (C=O) groups excluding carboxylic acids is 1. The standard InChI is InChI=1S/C25H50O3/c1-5-20-27-21-14-11-9-7-6-8-10-12-15-22-28-23-16-13-17-24(26)18-19-25(2,3)4/h5-23H2,1-4H3. The summed E-state index contributed by atoms with van der Waals surface area (Å²) in [5.41, 5.74) is 0.266. The SMILES string of the molecule is CCCOCCCCCCCCCCCOCCCCC(=O)CCC(C)(C)C. The number of hydrogen-bond acceptors (Lipinski definition) is 3. The number of carbonyl (C=O) groups is 1. The normalized spacial score (nSPS) is 11.9. The van der Waals surface area contributed by atoms with Crippen molar-refractivity contribution in [3.05, 3.63) is 0 Å². The van der Waals surface area contributed by atoms with E-state index < -0.39 is 0 Å². The summed E-state index contributed by atoms with van der Waals surface area (Å²) in [7, 11) is 0. The van der Waals surface area contributed by atoms with Crippen LogP contribution >= 0.6 is 0 Å². The van der Waals surface area contributed by atoms with Crippen LogP contribution in [0.15, 0.2) is 0 Å². The highest BCUT2D eigenvalue weighted by atomic mass is 16.5. The third kappa shape index (κ3) is 23.6. The number of unbranched alkanes of at least 4 members (excludes halogenated alkanes) is 9. The van der Waals surface area contributed by atoms with Gasteiger partial charge in [-0.05, 0) is 43.9 Å². The second kappa shape index (κ2) is 19.9. The maximum atomic E-state index is 11.8. The van der Waals surface area contributed by atoms with Gasteiger partial charge in [0.2, 0.25) is 0 Å². The van der Waals surface area contributed by atoms with Crippen molar-refractivity contribution in [1.29, 1.82) is 0 Å². The van der Waals surface area contributed by atoms with Crippen LogP contribution in [0, 0.1) is 5.41 Å². The van der Waals surface area contributed by atoms with Crippen molar-refractivity contribution >= 4 is 5.78 Å². The molecule has 0 radical (unpaired) electrons. The van der Waals surface area contributed by atoms with E-state index >= 15 is 0 Å². The summed E-state index contributed by atoms with van der Waals surface area (Å²) in [5.74, 6) is 0.416. The third-order valence-electron chi connectivity index (χ3n) is 5.07. The zero-order valence-corrected chi connectivity index (χ0v) is 19.7. The minimum Gasteiger partial charge on any atom is -0.381 e. The largest absolute Gasteiger partial charge is 0.381 e. The van der Waals surface area contributed by atoms with E-state index in [9.17, 15) is 4.79 Å². The van der Waals surface area contributed by atoms with Crippen molar-refractivity contribution in [1.82, 2.24) is 0 Å². The number of Topliss-reactive ketones (excluding diaryl/α,β-unsaturated/α-hetero) is 1. The van der Waals surface area contributed by atoms with Crippen LogP contribution in [-0.4, -0.2) is 32.2 Å². The summed E-state index contributed by atoms with van der Waals surface area (Å²) >= 11 is 0. The molecule has 0 N–H and O–H groups in total. The van der Waals surface area contributed by atoms with Crippen molar-refractivity contribution in [2.24, 2.45) is 5.41 Å².